The second-order valence-corrected chi connectivity index (χ2v) is 8.06. The Labute approximate surface area is 162 Å². The van der Waals surface area contributed by atoms with E-state index in [0.717, 1.165) is 11.3 Å². The minimum Gasteiger partial charge on any atom is -0.393 e. The molecule has 6 nitrogen and oxygen atoms in total. The maximum Gasteiger partial charge on any atom is 0.272 e. The summed E-state index contributed by atoms with van der Waals surface area (Å²) in [6.07, 6.45) is 1.97. The van der Waals surface area contributed by atoms with Crippen molar-refractivity contribution >= 4 is 17.5 Å². The molecule has 0 radical (unpaired) electrons. The number of fused-ring (bicyclic) bond motifs is 1. The van der Waals surface area contributed by atoms with Crippen molar-refractivity contribution in [2.24, 2.45) is 7.05 Å². The van der Waals surface area contributed by atoms with E-state index < -0.39 is 0 Å². The predicted octanol–water partition coefficient (Wildman–Crippen LogP) is 2.60. The lowest BCUT2D eigenvalue weighted by atomic mass is 9.71. The molecule has 0 atom stereocenters. The Morgan fingerprint density at radius 1 is 1.36 bits per heavy atom. The fourth-order valence-corrected chi connectivity index (χ4v) is 4.50. The molecule has 1 aromatic carbocycles. The molecule has 0 saturated heterocycles. The molecule has 1 aromatic heterocycles. The van der Waals surface area contributed by atoms with E-state index >= 15 is 0 Å². The molecule has 4 rings (SSSR count). The van der Waals surface area contributed by atoms with E-state index in [0.29, 0.717) is 48.2 Å². The first-order valence-corrected chi connectivity index (χ1v) is 9.47. The SMILES string of the molecule is Cc1cc(NC(=O)c2c3c(c(C)n2C)C(=O)NC2(CC3)CC(O)C2)ccc1F. The van der Waals surface area contributed by atoms with Crippen LogP contribution in [0.3, 0.4) is 0 Å². The second kappa shape index (κ2) is 6.44. The number of hydrogen-bond donors (Lipinski definition) is 3. The zero-order valence-electron chi connectivity index (χ0n) is 16.2. The Kier molecular flexibility index (Phi) is 4.30. The van der Waals surface area contributed by atoms with Gasteiger partial charge in [-0.3, -0.25) is 9.59 Å². The molecule has 3 N–H and O–H groups in total. The number of nitrogens with zero attached hydrogens (tertiary/aromatic N) is 1. The van der Waals surface area contributed by atoms with Gasteiger partial charge in [0, 0.05) is 24.0 Å². The lowest BCUT2D eigenvalue weighted by molar-refractivity contribution is 0.000660. The molecule has 7 heteroatoms. The van der Waals surface area contributed by atoms with Crippen molar-refractivity contribution in [3.63, 3.8) is 0 Å². The highest BCUT2D eigenvalue weighted by atomic mass is 19.1. The van der Waals surface area contributed by atoms with Crippen molar-refractivity contribution in [2.45, 2.75) is 51.2 Å². The minimum absolute atomic E-state index is 0.191. The number of hydrogen-bond acceptors (Lipinski definition) is 3. The van der Waals surface area contributed by atoms with Gasteiger partial charge in [0.05, 0.1) is 11.7 Å². The molecule has 2 aromatic rings. The number of aromatic nitrogens is 1. The Morgan fingerprint density at radius 2 is 2.07 bits per heavy atom. The van der Waals surface area contributed by atoms with E-state index in [9.17, 15) is 19.1 Å². The van der Waals surface area contributed by atoms with Crippen LogP contribution in [0, 0.1) is 19.7 Å². The van der Waals surface area contributed by atoms with Gasteiger partial charge in [-0.05, 0) is 68.9 Å². The molecule has 0 bridgehead atoms. The summed E-state index contributed by atoms with van der Waals surface area (Å²) in [5.41, 5.74) is 3.02. The highest BCUT2D eigenvalue weighted by molar-refractivity contribution is 6.08. The lowest BCUT2D eigenvalue weighted by Gasteiger charge is -2.45. The highest BCUT2D eigenvalue weighted by Crippen LogP contribution is 2.40. The normalized spacial score (nSPS) is 23.6. The van der Waals surface area contributed by atoms with E-state index in [4.69, 9.17) is 0 Å². The van der Waals surface area contributed by atoms with Crippen LogP contribution in [0.5, 0.6) is 0 Å². The van der Waals surface area contributed by atoms with Gasteiger partial charge in [0.25, 0.3) is 11.8 Å². The summed E-state index contributed by atoms with van der Waals surface area (Å²) in [6.45, 7) is 3.46. The molecular formula is C21H24FN3O3. The van der Waals surface area contributed by atoms with E-state index in [2.05, 4.69) is 10.6 Å². The van der Waals surface area contributed by atoms with E-state index in [1.807, 2.05) is 6.92 Å². The molecule has 2 heterocycles. The van der Waals surface area contributed by atoms with E-state index in [1.165, 1.54) is 12.1 Å². The Bertz CT molecular complexity index is 989. The molecule has 1 aliphatic carbocycles. The number of carbonyl (C=O) groups is 2. The summed E-state index contributed by atoms with van der Waals surface area (Å²) in [5.74, 6) is -0.842. The summed E-state index contributed by atoms with van der Waals surface area (Å²) in [7, 11) is 1.77. The predicted molar refractivity (Wildman–Crippen MR) is 103 cm³/mol. The maximum atomic E-state index is 13.5. The molecule has 1 aliphatic heterocycles. The van der Waals surface area contributed by atoms with Crippen LogP contribution in [0.2, 0.25) is 0 Å². The molecular weight excluding hydrogens is 361 g/mol. The monoisotopic (exact) mass is 385 g/mol. The number of aryl methyl sites for hydroxylation is 1. The molecule has 0 unspecified atom stereocenters. The quantitative estimate of drug-likeness (QED) is 0.743. The smallest absolute Gasteiger partial charge is 0.272 e. The number of aliphatic hydroxyl groups is 1. The highest BCUT2D eigenvalue weighted by Gasteiger charge is 2.47. The van der Waals surface area contributed by atoms with Crippen LogP contribution in [-0.2, 0) is 13.5 Å². The first kappa shape index (κ1) is 18.7. The fraction of sp³-hybridized carbons (Fsp3) is 0.429. The Balaban J connectivity index is 1.67. The van der Waals surface area contributed by atoms with Gasteiger partial charge in [0.15, 0.2) is 0 Å². The number of anilines is 1. The topological polar surface area (TPSA) is 83.4 Å². The summed E-state index contributed by atoms with van der Waals surface area (Å²) >= 11 is 0. The Hall–Kier alpha value is -2.67. The average molecular weight is 385 g/mol. The fourth-order valence-electron chi connectivity index (χ4n) is 4.50. The van der Waals surface area contributed by atoms with Crippen LogP contribution in [0.1, 0.15) is 56.9 Å². The van der Waals surface area contributed by atoms with Crippen molar-refractivity contribution in [3.8, 4) is 0 Å². The molecule has 2 aliphatic rings. The number of aliphatic hydroxyl groups excluding tert-OH is 1. The van der Waals surface area contributed by atoms with Gasteiger partial charge in [-0.15, -0.1) is 0 Å². The minimum atomic E-state index is -0.380. The van der Waals surface area contributed by atoms with Crippen LogP contribution >= 0.6 is 0 Å². The second-order valence-electron chi connectivity index (χ2n) is 8.06. The molecule has 1 spiro atoms. The summed E-state index contributed by atoms with van der Waals surface area (Å²) in [5, 5.41) is 15.6. The van der Waals surface area contributed by atoms with Crippen molar-refractivity contribution in [2.75, 3.05) is 5.32 Å². The largest absolute Gasteiger partial charge is 0.393 e. The first-order valence-electron chi connectivity index (χ1n) is 9.47. The lowest BCUT2D eigenvalue weighted by Crippen LogP contribution is -2.58. The third-order valence-electron chi connectivity index (χ3n) is 6.13. The van der Waals surface area contributed by atoms with Crippen molar-refractivity contribution in [1.29, 1.82) is 0 Å². The van der Waals surface area contributed by atoms with Crippen molar-refractivity contribution < 1.29 is 19.1 Å². The number of nitrogens with one attached hydrogen (secondary N) is 2. The third kappa shape index (κ3) is 2.90. The van der Waals surface area contributed by atoms with Gasteiger partial charge < -0.3 is 20.3 Å². The number of benzene rings is 1. The number of halogens is 1. The number of carbonyl (C=O) groups excluding carboxylic acids is 2. The van der Waals surface area contributed by atoms with Crippen LogP contribution < -0.4 is 10.6 Å². The summed E-state index contributed by atoms with van der Waals surface area (Å²) in [6, 6.07) is 4.42. The van der Waals surface area contributed by atoms with Crippen molar-refractivity contribution in [3.05, 3.63) is 52.1 Å². The molecule has 1 fully saturated rings. The van der Waals surface area contributed by atoms with Crippen LogP contribution in [0.25, 0.3) is 0 Å². The van der Waals surface area contributed by atoms with Crippen LogP contribution in [0.15, 0.2) is 18.2 Å². The summed E-state index contributed by atoms with van der Waals surface area (Å²) < 4.78 is 15.2. The van der Waals surface area contributed by atoms with Gasteiger partial charge in [0.1, 0.15) is 11.5 Å². The van der Waals surface area contributed by atoms with Crippen molar-refractivity contribution in [1.82, 2.24) is 9.88 Å². The maximum absolute atomic E-state index is 13.5. The van der Waals surface area contributed by atoms with Gasteiger partial charge in [-0.1, -0.05) is 0 Å². The third-order valence-corrected chi connectivity index (χ3v) is 6.13. The summed E-state index contributed by atoms with van der Waals surface area (Å²) in [4.78, 5) is 25.9. The zero-order chi connectivity index (χ0) is 20.2. The van der Waals surface area contributed by atoms with E-state index in [1.54, 1.807) is 24.6 Å². The number of rotatable bonds is 2. The zero-order valence-corrected chi connectivity index (χ0v) is 16.2. The molecule has 1 saturated carbocycles. The molecule has 28 heavy (non-hydrogen) atoms. The van der Waals surface area contributed by atoms with Gasteiger partial charge >= 0.3 is 0 Å². The number of amides is 2. The van der Waals surface area contributed by atoms with Gasteiger partial charge in [-0.25, -0.2) is 4.39 Å². The van der Waals surface area contributed by atoms with Gasteiger partial charge in [-0.2, -0.15) is 0 Å². The molecule has 2 amide bonds. The Morgan fingerprint density at radius 3 is 2.71 bits per heavy atom. The first-order chi connectivity index (χ1) is 13.2. The van der Waals surface area contributed by atoms with Gasteiger partial charge in [0.2, 0.25) is 0 Å². The van der Waals surface area contributed by atoms with Crippen LogP contribution in [-0.4, -0.2) is 33.1 Å². The molecule has 148 valence electrons. The standard InChI is InChI=1S/C21H24FN3O3/c1-11-8-13(4-5-16(11)22)23-20(28)18-15-6-7-21(9-14(26)10-21)24-19(27)17(15)12(2)25(18)3/h4-5,8,14,26H,6-7,9-10H2,1-3H3,(H,23,28)(H,24,27). The van der Waals surface area contributed by atoms with E-state index in [-0.39, 0.29) is 29.3 Å². The van der Waals surface area contributed by atoms with Crippen LogP contribution in [0.4, 0.5) is 10.1 Å². The average Bonchev–Trinajstić information content (AvgIpc) is 2.75.